The van der Waals surface area contributed by atoms with Crippen molar-refractivity contribution in [2.75, 3.05) is 39.9 Å². The third kappa shape index (κ3) is 3.67. The molecule has 2 rings (SSSR count). The van der Waals surface area contributed by atoms with Crippen LogP contribution in [0, 0.1) is 11.8 Å². The van der Waals surface area contributed by atoms with E-state index in [0.29, 0.717) is 12.0 Å². The van der Waals surface area contributed by atoms with E-state index in [1.165, 1.54) is 45.3 Å². The third-order valence-corrected chi connectivity index (χ3v) is 4.52. The molecule has 2 heterocycles. The van der Waals surface area contributed by atoms with Crippen molar-refractivity contribution in [3.8, 4) is 0 Å². The second-order valence-electron chi connectivity index (χ2n) is 5.69. The van der Waals surface area contributed by atoms with Gasteiger partial charge in [-0.25, -0.2) is 0 Å². The Morgan fingerprint density at radius 1 is 1.35 bits per heavy atom. The molecule has 100 valence electrons. The van der Waals surface area contributed by atoms with Crippen LogP contribution in [0.5, 0.6) is 0 Å². The van der Waals surface area contributed by atoms with Crippen LogP contribution < -0.4 is 5.32 Å². The smallest absolute Gasteiger partial charge is 0.0521 e. The normalized spacial score (nSPS) is 36.0. The quantitative estimate of drug-likeness (QED) is 0.810. The number of hydrogen-bond acceptors (Lipinski definition) is 3. The van der Waals surface area contributed by atoms with Gasteiger partial charge in [0.25, 0.3) is 0 Å². The Labute approximate surface area is 106 Å². The van der Waals surface area contributed by atoms with Crippen molar-refractivity contribution in [3.05, 3.63) is 0 Å². The van der Waals surface area contributed by atoms with E-state index in [-0.39, 0.29) is 0 Å². The fourth-order valence-electron chi connectivity index (χ4n) is 3.34. The largest absolute Gasteiger partial charge is 0.381 e. The highest BCUT2D eigenvalue weighted by Gasteiger charge is 2.28. The number of likely N-dealkylation sites (tertiary alicyclic amines) is 1. The molecule has 0 saturated carbocycles. The molecule has 3 unspecified atom stereocenters. The van der Waals surface area contributed by atoms with Crippen molar-refractivity contribution >= 4 is 0 Å². The molecule has 0 amide bonds. The lowest BCUT2D eigenvalue weighted by Crippen LogP contribution is -2.48. The molecule has 17 heavy (non-hydrogen) atoms. The Morgan fingerprint density at radius 2 is 2.24 bits per heavy atom. The van der Waals surface area contributed by atoms with Gasteiger partial charge < -0.3 is 15.0 Å². The molecule has 0 radical (unpaired) electrons. The van der Waals surface area contributed by atoms with Crippen LogP contribution in [0.3, 0.4) is 0 Å². The van der Waals surface area contributed by atoms with Crippen molar-refractivity contribution in [2.24, 2.45) is 11.8 Å². The molecule has 0 aromatic carbocycles. The van der Waals surface area contributed by atoms with Gasteiger partial charge in [0.15, 0.2) is 0 Å². The molecule has 1 N–H and O–H groups in total. The van der Waals surface area contributed by atoms with E-state index in [9.17, 15) is 0 Å². The van der Waals surface area contributed by atoms with Crippen LogP contribution in [0.25, 0.3) is 0 Å². The van der Waals surface area contributed by atoms with E-state index in [1.807, 2.05) is 0 Å². The minimum atomic E-state index is 0.658. The molecular formula is C14H28N2O. The first-order valence-electron chi connectivity index (χ1n) is 7.30. The average molecular weight is 240 g/mol. The molecule has 2 saturated heterocycles. The summed E-state index contributed by atoms with van der Waals surface area (Å²) in [6.07, 6.45) is 5.33. The number of rotatable bonds is 4. The maximum absolute atomic E-state index is 5.64. The lowest BCUT2D eigenvalue weighted by Gasteiger charge is -2.38. The van der Waals surface area contributed by atoms with E-state index in [0.717, 1.165) is 19.1 Å². The van der Waals surface area contributed by atoms with Crippen LogP contribution in [0.4, 0.5) is 0 Å². The summed E-state index contributed by atoms with van der Waals surface area (Å²) in [5.74, 6) is 1.62. The van der Waals surface area contributed by atoms with Crippen molar-refractivity contribution in [2.45, 2.75) is 38.6 Å². The summed E-state index contributed by atoms with van der Waals surface area (Å²) >= 11 is 0. The summed E-state index contributed by atoms with van der Waals surface area (Å²) in [6, 6.07) is 0.658. The van der Waals surface area contributed by atoms with E-state index in [2.05, 4.69) is 24.2 Å². The Morgan fingerprint density at radius 3 is 3.00 bits per heavy atom. The summed E-state index contributed by atoms with van der Waals surface area (Å²) in [4.78, 5) is 2.67. The van der Waals surface area contributed by atoms with Gasteiger partial charge in [-0.05, 0) is 38.8 Å². The lowest BCUT2D eigenvalue weighted by atomic mass is 9.91. The molecule has 2 fully saturated rings. The predicted octanol–water partition coefficient (Wildman–Crippen LogP) is 1.73. The monoisotopic (exact) mass is 240 g/mol. The maximum Gasteiger partial charge on any atom is 0.0521 e. The minimum Gasteiger partial charge on any atom is -0.381 e. The van der Waals surface area contributed by atoms with Crippen LogP contribution in [0.2, 0.25) is 0 Å². The van der Waals surface area contributed by atoms with Gasteiger partial charge in [0.2, 0.25) is 0 Å². The van der Waals surface area contributed by atoms with Gasteiger partial charge in [-0.15, -0.1) is 0 Å². The number of nitrogens with zero attached hydrogens (tertiary/aromatic N) is 1. The van der Waals surface area contributed by atoms with Gasteiger partial charge >= 0.3 is 0 Å². The fraction of sp³-hybridized carbons (Fsp3) is 1.00. The summed E-state index contributed by atoms with van der Waals surface area (Å²) < 4.78 is 5.64. The van der Waals surface area contributed by atoms with Gasteiger partial charge in [0, 0.05) is 31.7 Å². The van der Waals surface area contributed by atoms with Crippen LogP contribution in [0.1, 0.15) is 32.6 Å². The molecule has 2 aliphatic heterocycles. The number of nitrogens with one attached hydrogen (secondary N) is 1. The van der Waals surface area contributed by atoms with E-state index < -0.39 is 0 Å². The first-order valence-corrected chi connectivity index (χ1v) is 7.30. The van der Waals surface area contributed by atoms with Gasteiger partial charge in [0.05, 0.1) is 6.61 Å². The van der Waals surface area contributed by atoms with Crippen molar-refractivity contribution in [3.63, 3.8) is 0 Å². The topological polar surface area (TPSA) is 24.5 Å². The first-order chi connectivity index (χ1) is 8.33. The molecule has 3 heteroatoms. The molecule has 3 nitrogen and oxygen atoms in total. The zero-order chi connectivity index (χ0) is 12.1. The Balaban J connectivity index is 1.81. The van der Waals surface area contributed by atoms with E-state index >= 15 is 0 Å². The Bertz CT molecular complexity index is 222. The predicted molar refractivity (Wildman–Crippen MR) is 71.2 cm³/mol. The van der Waals surface area contributed by atoms with Crippen molar-refractivity contribution in [1.29, 1.82) is 0 Å². The van der Waals surface area contributed by atoms with Crippen LogP contribution >= 0.6 is 0 Å². The van der Waals surface area contributed by atoms with Gasteiger partial charge in [0.1, 0.15) is 0 Å². The van der Waals surface area contributed by atoms with Crippen LogP contribution in [0.15, 0.2) is 0 Å². The maximum atomic E-state index is 5.64. The Kier molecular flexibility index (Phi) is 5.26. The van der Waals surface area contributed by atoms with Crippen LogP contribution in [-0.4, -0.2) is 50.8 Å². The summed E-state index contributed by atoms with van der Waals surface area (Å²) in [5, 5.41) is 3.46. The zero-order valence-electron chi connectivity index (χ0n) is 11.5. The van der Waals surface area contributed by atoms with E-state index in [1.54, 1.807) is 0 Å². The molecule has 0 bridgehead atoms. The fourth-order valence-corrected chi connectivity index (χ4v) is 3.34. The second kappa shape index (κ2) is 6.72. The standard InChI is InChI=1S/C14H28N2O/c1-3-12-5-4-7-16(9-12)10-13-11-17-8-6-14(13)15-2/h12-15H,3-11H2,1-2H3. The van der Waals surface area contributed by atoms with Gasteiger partial charge in [-0.1, -0.05) is 13.3 Å². The zero-order valence-corrected chi connectivity index (χ0v) is 11.5. The molecule has 3 atom stereocenters. The summed E-state index contributed by atoms with van der Waals surface area (Å²) in [5.41, 5.74) is 0. The van der Waals surface area contributed by atoms with Crippen molar-refractivity contribution in [1.82, 2.24) is 10.2 Å². The number of hydrogen-bond donors (Lipinski definition) is 1. The molecule has 0 aliphatic carbocycles. The summed E-state index contributed by atoms with van der Waals surface area (Å²) in [6.45, 7) is 8.03. The molecule has 0 spiro atoms. The van der Waals surface area contributed by atoms with Gasteiger partial charge in [-0.2, -0.15) is 0 Å². The summed E-state index contributed by atoms with van der Waals surface area (Å²) in [7, 11) is 2.09. The highest BCUT2D eigenvalue weighted by atomic mass is 16.5. The van der Waals surface area contributed by atoms with Gasteiger partial charge in [-0.3, -0.25) is 0 Å². The minimum absolute atomic E-state index is 0.658. The second-order valence-corrected chi connectivity index (χ2v) is 5.69. The molecule has 0 aromatic heterocycles. The average Bonchev–Trinajstić information content (AvgIpc) is 2.39. The highest BCUT2D eigenvalue weighted by Crippen LogP contribution is 2.22. The first kappa shape index (κ1) is 13.3. The lowest BCUT2D eigenvalue weighted by molar-refractivity contribution is 0.0120. The Hall–Kier alpha value is -0.120. The number of piperidine rings is 1. The highest BCUT2D eigenvalue weighted by molar-refractivity contribution is 4.83. The molecular weight excluding hydrogens is 212 g/mol. The van der Waals surface area contributed by atoms with Crippen molar-refractivity contribution < 1.29 is 4.74 Å². The SMILES string of the molecule is CCC1CCCN(CC2COCCC2NC)C1. The molecule has 0 aromatic rings. The van der Waals surface area contributed by atoms with Crippen LogP contribution in [-0.2, 0) is 4.74 Å². The van der Waals surface area contributed by atoms with E-state index in [4.69, 9.17) is 4.74 Å². The third-order valence-electron chi connectivity index (χ3n) is 4.52. The number of ether oxygens (including phenoxy) is 1. The molecule has 2 aliphatic rings.